The number of hydrogen-bond donors (Lipinski definition) is 14. The third-order valence-electron chi connectivity index (χ3n) is 22.0. The number of aliphatic hydroxyl groups excluding tert-OH is 11. The number of unbranched alkanes of at least 4 members (excludes halogenated alkanes) is 49. The van der Waals surface area contributed by atoms with Crippen LogP contribution >= 0.6 is 0 Å². The Labute approximate surface area is 639 Å². The lowest BCUT2D eigenvalue weighted by Crippen LogP contribution is -2.70. The molecule has 2 amide bonds. The van der Waals surface area contributed by atoms with Crippen LogP contribution in [0, 0.1) is 0 Å². The summed E-state index contributed by atoms with van der Waals surface area (Å²) < 4.78 is 34.9. The van der Waals surface area contributed by atoms with E-state index in [2.05, 4.69) is 24.5 Å². The average Bonchev–Trinajstić information content (AvgIpc) is 0.754. The SMILES string of the molecule is CCCCCCCCCCCCCCC/C=C/C(O)C(COC1OC(CO)C(OC2OC(CO)C(O)C(OC3(C(=O)O)CC(O)C(NC(C)=O)C(C(O)C(O)CO)O3)C2O)C(O)C1O)NC(=O)CCCCCCCCCCCCCCCCCCCCCCCCCCCCCCCCCCCCCCC. The van der Waals surface area contributed by atoms with Crippen LogP contribution in [0.5, 0.6) is 0 Å². The van der Waals surface area contributed by atoms with Gasteiger partial charge in [-0.05, 0) is 19.3 Å². The molecule has 0 bridgehead atoms. The second-order valence-electron chi connectivity index (χ2n) is 31.4. The molecule has 3 rings (SSSR count). The molecular formula is C83H156N2O21. The molecule has 3 saturated heterocycles. The maximum Gasteiger partial charge on any atom is 0.364 e. The molecule has 0 saturated carbocycles. The maximum atomic E-state index is 13.5. The van der Waals surface area contributed by atoms with Gasteiger partial charge in [0.15, 0.2) is 12.6 Å². The smallest absolute Gasteiger partial charge is 0.364 e. The maximum absolute atomic E-state index is 13.5. The van der Waals surface area contributed by atoms with Crippen LogP contribution in [-0.2, 0) is 42.8 Å². The topological polar surface area (TPSA) is 373 Å². The zero-order valence-electron chi connectivity index (χ0n) is 66.3. The Bertz CT molecular complexity index is 2150. The highest BCUT2D eigenvalue weighted by Gasteiger charge is 2.60. The molecule has 3 aliphatic heterocycles. The fourth-order valence-corrected chi connectivity index (χ4v) is 15.2. The third-order valence-corrected chi connectivity index (χ3v) is 22.0. The number of rotatable bonds is 69. The zero-order chi connectivity index (χ0) is 77.4. The Morgan fingerprint density at radius 3 is 1.25 bits per heavy atom. The normalized spacial score (nSPS) is 26.1. The summed E-state index contributed by atoms with van der Waals surface area (Å²) in [5, 5.41) is 136. The molecule has 23 nitrogen and oxygen atoms in total. The summed E-state index contributed by atoms with van der Waals surface area (Å²) in [6.45, 7) is 2.19. The number of nitrogens with one attached hydrogen (secondary N) is 2. The lowest BCUT2D eigenvalue weighted by molar-refractivity contribution is -0.386. The van der Waals surface area contributed by atoms with Gasteiger partial charge in [0, 0.05) is 19.8 Å². The van der Waals surface area contributed by atoms with Crippen LogP contribution in [0.15, 0.2) is 12.2 Å². The number of aliphatic carboxylic acids is 1. The molecule has 3 fully saturated rings. The van der Waals surface area contributed by atoms with Gasteiger partial charge in [-0.2, -0.15) is 0 Å². The van der Waals surface area contributed by atoms with Crippen molar-refractivity contribution in [2.75, 3.05) is 26.4 Å². The van der Waals surface area contributed by atoms with Crippen LogP contribution in [0.3, 0.4) is 0 Å². The van der Waals surface area contributed by atoms with E-state index in [0.29, 0.717) is 12.8 Å². The minimum Gasteiger partial charge on any atom is -0.477 e. The Morgan fingerprint density at radius 2 is 0.877 bits per heavy atom. The predicted octanol–water partition coefficient (Wildman–Crippen LogP) is 12.5. The number of hydrogen-bond acceptors (Lipinski definition) is 20. The van der Waals surface area contributed by atoms with E-state index in [4.69, 9.17) is 28.4 Å². The molecule has 0 radical (unpaired) electrons. The van der Waals surface area contributed by atoms with E-state index in [9.17, 15) is 75.7 Å². The van der Waals surface area contributed by atoms with E-state index in [0.717, 1.165) is 51.9 Å². The van der Waals surface area contributed by atoms with E-state index in [1.165, 1.54) is 270 Å². The number of carboxylic acids is 1. The average molecular weight is 1520 g/mol. The van der Waals surface area contributed by atoms with Gasteiger partial charge in [-0.25, -0.2) is 4.79 Å². The van der Waals surface area contributed by atoms with Crippen molar-refractivity contribution in [2.24, 2.45) is 0 Å². The molecule has 23 heteroatoms. The van der Waals surface area contributed by atoms with Crippen molar-refractivity contribution in [3.05, 3.63) is 12.2 Å². The molecule has 18 atom stereocenters. The molecule has 0 aromatic heterocycles. The first kappa shape index (κ1) is 97.7. The second kappa shape index (κ2) is 62.0. The van der Waals surface area contributed by atoms with Crippen LogP contribution in [0.4, 0.5) is 0 Å². The number of aliphatic hydroxyl groups is 11. The summed E-state index contributed by atoms with van der Waals surface area (Å²) in [6, 6.07) is -2.62. The molecular weight excluding hydrogens is 1360 g/mol. The van der Waals surface area contributed by atoms with Gasteiger partial charge < -0.3 is 100 Å². The number of ether oxygens (including phenoxy) is 6. The lowest BCUT2D eigenvalue weighted by Gasteiger charge is -2.50. The van der Waals surface area contributed by atoms with E-state index < -0.39 is 155 Å². The van der Waals surface area contributed by atoms with Gasteiger partial charge in [0.1, 0.15) is 67.1 Å². The molecule has 3 aliphatic rings. The summed E-state index contributed by atoms with van der Waals surface area (Å²) in [5.41, 5.74) is 0. The monoisotopic (exact) mass is 1520 g/mol. The van der Waals surface area contributed by atoms with Gasteiger partial charge in [-0.1, -0.05) is 334 Å². The predicted molar refractivity (Wildman–Crippen MR) is 412 cm³/mol. The van der Waals surface area contributed by atoms with E-state index in [1.54, 1.807) is 6.08 Å². The van der Waals surface area contributed by atoms with Gasteiger partial charge in [0.25, 0.3) is 5.79 Å². The Kier molecular flexibility index (Phi) is 57.1. The van der Waals surface area contributed by atoms with E-state index in [1.807, 2.05) is 6.08 Å². The van der Waals surface area contributed by atoms with Crippen LogP contribution in [0.25, 0.3) is 0 Å². The molecule has 106 heavy (non-hydrogen) atoms. The van der Waals surface area contributed by atoms with Crippen LogP contribution in [0.1, 0.15) is 361 Å². The van der Waals surface area contributed by atoms with Gasteiger partial charge in [0.2, 0.25) is 11.8 Å². The molecule has 0 aromatic rings. The van der Waals surface area contributed by atoms with E-state index in [-0.39, 0.29) is 12.3 Å². The fourth-order valence-electron chi connectivity index (χ4n) is 15.2. The Morgan fingerprint density at radius 1 is 0.491 bits per heavy atom. The number of carbonyl (C=O) groups excluding carboxylic acids is 2. The molecule has 18 unspecified atom stereocenters. The summed E-state index contributed by atoms with van der Waals surface area (Å²) in [5.74, 6) is -6.13. The number of allylic oxidation sites excluding steroid dienone is 1. The summed E-state index contributed by atoms with van der Waals surface area (Å²) in [4.78, 5) is 38.7. The first-order chi connectivity index (χ1) is 51.4. The summed E-state index contributed by atoms with van der Waals surface area (Å²) in [6.07, 6.45) is 40.0. The first-order valence-corrected chi connectivity index (χ1v) is 43.1. The van der Waals surface area contributed by atoms with Crippen LogP contribution in [-0.4, -0.2) is 215 Å². The molecule has 0 aromatic carbocycles. The van der Waals surface area contributed by atoms with Gasteiger partial charge in [-0.15, -0.1) is 0 Å². The molecule has 14 N–H and O–H groups in total. The Balaban J connectivity index is 1.40. The molecule has 0 spiro atoms. The quantitative estimate of drug-likeness (QED) is 0.0199. The fraction of sp³-hybridized carbons (Fsp3) is 0.940. The summed E-state index contributed by atoms with van der Waals surface area (Å²) >= 11 is 0. The Hall–Kier alpha value is -2.53. The van der Waals surface area contributed by atoms with Crippen molar-refractivity contribution in [2.45, 2.75) is 471 Å². The number of carbonyl (C=O) groups is 3. The van der Waals surface area contributed by atoms with E-state index >= 15 is 0 Å². The lowest BCUT2D eigenvalue weighted by atomic mass is 9.88. The van der Waals surface area contributed by atoms with Crippen molar-refractivity contribution in [1.82, 2.24) is 10.6 Å². The van der Waals surface area contributed by atoms with Gasteiger partial charge in [0.05, 0.1) is 50.7 Å². The minimum absolute atomic E-state index is 0.206. The van der Waals surface area contributed by atoms with Crippen molar-refractivity contribution in [1.29, 1.82) is 0 Å². The summed E-state index contributed by atoms with van der Waals surface area (Å²) in [7, 11) is 0. The van der Waals surface area contributed by atoms with Gasteiger partial charge >= 0.3 is 5.97 Å². The minimum atomic E-state index is -3.08. The van der Waals surface area contributed by atoms with Crippen LogP contribution in [0.2, 0.25) is 0 Å². The first-order valence-electron chi connectivity index (χ1n) is 43.1. The number of carboxylic acid groups (broad SMARTS) is 1. The largest absolute Gasteiger partial charge is 0.477 e. The van der Waals surface area contributed by atoms with Crippen molar-refractivity contribution in [3.63, 3.8) is 0 Å². The highest BCUT2D eigenvalue weighted by Crippen LogP contribution is 2.39. The third kappa shape index (κ3) is 41.3. The molecule has 3 heterocycles. The highest BCUT2D eigenvalue weighted by molar-refractivity contribution is 5.77. The zero-order valence-corrected chi connectivity index (χ0v) is 66.3. The van der Waals surface area contributed by atoms with Gasteiger partial charge in [-0.3, -0.25) is 9.59 Å². The molecule has 624 valence electrons. The highest BCUT2D eigenvalue weighted by atomic mass is 16.8. The number of amides is 2. The standard InChI is InChI=1S/C83H156N2O21/c1-4-6-8-10-12-14-16-18-20-21-22-23-24-25-26-27-28-29-30-31-32-33-34-35-36-37-38-39-40-41-43-45-47-49-51-53-55-57-70(93)85-64(65(90)56-54-52-50-48-46-44-42-19-17-15-13-11-9-7-5-2)62-101-80-75(97)74(96)77(69(61-88)103-80)104-81-76(98)79(73(95)68(60-87)102-81)106-83(82(99)100)58-66(91)71(84-63(3)89)78(105-83)72(94)67(92)59-86/h54,56,64-69,71-81,86-88,90-92,94-98H,4-53,55,57-62H2,1-3H3,(H,84,89)(H,85,93)(H,99,100)/b56-54+. The van der Waals surface area contributed by atoms with Crippen molar-refractivity contribution >= 4 is 17.8 Å². The second-order valence-corrected chi connectivity index (χ2v) is 31.4. The van der Waals surface area contributed by atoms with Crippen LogP contribution < -0.4 is 10.6 Å². The molecule has 0 aliphatic carbocycles. The van der Waals surface area contributed by atoms with Crippen molar-refractivity contribution in [3.8, 4) is 0 Å². The van der Waals surface area contributed by atoms with Crippen molar-refractivity contribution < 1.29 is 104 Å².